The van der Waals surface area contributed by atoms with Crippen LogP contribution in [0.1, 0.15) is 203 Å². The molecule has 0 radical (unpaired) electrons. The first-order valence-corrected chi connectivity index (χ1v) is 20.9. The Balaban J connectivity index is -0.000000206. The van der Waals surface area contributed by atoms with Crippen molar-refractivity contribution in [1.82, 2.24) is 0 Å². The lowest BCUT2D eigenvalue weighted by molar-refractivity contribution is -0.140. The number of ether oxygens (including phenoxy) is 1. The van der Waals surface area contributed by atoms with Crippen LogP contribution in [0.25, 0.3) is 0 Å². The van der Waals surface area contributed by atoms with Crippen molar-refractivity contribution in [2.24, 2.45) is 21.7 Å². The summed E-state index contributed by atoms with van der Waals surface area (Å²) in [4.78, 5) is 57.6. The molecule has 0 aliphatic rings. The van der Waals surface area contributed by atoms with E-state index in [-0.39, 0.29) is 50.8 Å². The lowest BCUT2D eigenvalue weighted by atomic mass is 9.85. The number of esters is 1. The molecular formula is C52H90O6. The van der Waals surface area contributed by atoms with E-state index in [1.165, 1.54) is 11.1 Å². The van der Waals surface area contributed by atoms with Crippen molar-refractivity contribution in [1.29, 1.82) is 0 Å². The SMILES string of the molecule is CC.CC(C)(C)C(=O)c1ccccc1.CC(C)=C(C)C.CC(C)=C(C)C(=O)C(C)(C)C.CC(C)=C(C)C(=O)OCCCC(=O)C(C)(C)C.CC=C(C)C(=O)C(C)(C)C. The molecular weight excluding hydrogens is 721 g/mol. The molecule has 0 bridgehead atoms. The molecule has 0 aromatic heterocycles. The standard InChI is InChI=1S/C14H24O3.C11H14O.C10H18O.C9H16O.C6H12.C2H6/c1-10(2)11(3)13(16)17-9-7-8-12(15)14(4,5)6;1-11(2,3)10(12)9-7-5-4-6-8-9;1-7(2)8(3)9(11)10(4,5)6;1-6-7(2)8(10)9(3,4)5;1-5(2)6(3)4;1-2/h7-9H2,1-6H3;4-8H,1-3H3;1-6H3;6H,1-5H3;1-4H3;1-2H3. The van der Waals surface area contributed by atoms with Crippen LogP contribution in [0.3, 0.4) is 0 Å². The number of hydrogen-bond donors (Lipinski definition) is 0. The minimum Gasteiger partial charge on any atom is -0.462 e. The summed E-state index contributed by atoms with van der Waals surface area (Å²) in [5.41, 5.74) is 7.08. The molecule has 0 saturated heterocycles. The predicted molar refractivity (Wildman–Crippen MR) is 252 cm³/mol. The van der Waals surface area contributed by atoms with Gasteiger partial charge in [0, 0.05) is 39.2 Å². The lowest BCUT2D eigenvalue weighted by Crippen LogP contribution is -2.21. The third-order valence-electron chi connectivity index (χ3n) is 8.64. The van der Waals surface area contributed by atoms with Gasteiger partial charge in [-0.3, -0.25) is 19.2 Å². The van der Waals surface area contributed by atoms with Gasteiger partial charge in [0.25, 0.3) is 0 Å². The largest absolute Gasteiger partial charge is 0.462 e. The first-order chi connectivity index (χ1) is 26.0. The Kier molecular flexibility index (Phi) is 33.3. The molecule has 0 atom stereocenters. The molecule has 1 aromatic carbocycles. The van der Waals surface area contributed by atoms with E-state index in [2.05, 4.69) is 27.7 Å². The Hall–Kier alpha value is -3.67. The minimum absolute atomic E-state index is 0.197. The van der Waals surface area contributed by atoms with E-state index in [0.717, 1.165) is 27.9 Å². The first kappa shape index (κ1) is 63.5. The number of Topliss-reactive ketones (excluding diaryl/α,β-unsaturated/α-hetero) is 4. The summed E-state index contributed by atoms with van der Waals surface area (Å²) >= 11 is 0. The van der Waals surface area contributed by atoms with Crippen molar-refractivity contribution >= 4 is 29.1 Å². The zero-order valence-corrected chi connectivity index (χ0v) is 42.5. The first-order valence-electron chi connectivity index (χ1n) is 20.9. The summed E-state index contributed by atoms with van der Waals surface area (Å²) in [5, 5.41) is 0. The number of carbonyl (C=O) groups is 5. The molecule has 6 heteroatoms. The second kappa shape index (κ2) is 30.4. The van der Waals surface area contributed by atoms with Crippen LogP contribution >= 0.6 is 0 Å². The number of ketones is 4. The summed E-state index contributed by atoms with van der Waals surface area (Å²) in [6.45, 7) is 51.0. The van der Waals surface area contributed by atoms with E-state index < -0.39 is 0 Å². The molecule has 0 unspecified atom stereocenters. The highest BCUT2D eigenvalue weighted by Crippen LogP contribution is 2.22. The third-order valence-corrected chi connectivity index (χ3v) is 8.64. The number of hydrogen-bond acceptors (Lipinski definition) is 6. The average molecular weight is 811 g/mol. The molecule has 0 aliphatic carbocycles. The molecule has 0 saturated carbocycles. The second-order valence-electron chi connectivity index (χ2n) is 19.2. The van der Waals surface area contributed by atoms with Gasteiger partial charge in [-0.15, -0.1) is 0 Å². The average Bonchev–Trinajstić information content (AvgIpc) is 3.11. The fourth-order valence-electron chi connectivity index (χ4n) is 3.62. The predicted octanol–water partition coefficient (Wildman–Crippen LogP) is 15.1. The van der Waals surface area contributed by atoms with Crippen LogP contribution in [0, 0.1) is 21.7 Å². The topological polar surface area (TPSA) is 94.6 Å². The van der Waals surface area contributed by atoms with Crippen molar-refractivity contribution < 1.29 is 28.7 Å². The number of carbonyl (C=O) groups excluding carboxylic acids is 5. The Morgan fingerprint density at radius 1 is 0.517 bits per heavy atom. The molecule has 58 heavy (non-hydrogen) atoms. The van der Waals surface area contributed by atoms with Crippen molar-refractivity contribution in [3.8, 4) is 0 Å². The maximum atomic E-state index is 11.7. The van der Waals surface area contributed by atoms with E-state index in [9.17, 15) is 24.0 Å². The van der Waals surface area contributed by atoms with Crippen LogP contribution in [0.5, 0.6) is 0 Å². The molecule has 0 spiro atoms. The highest BCUT2D eigenvalue weighted by molar-refractivity contribution is 6.00. The van der Waals surface area contributed by atoms with Gasteiger partial charge in [0.2, 0.25) is 0 Å². The van der Waals surface area contributed by atoms with Gasteiger partial charge >= 0.3 is 5.97 Å². The maximum Gasteiger partial charge on any atom is 0.333 e. The quantitative estimate of drug-likeness (QED) is 0.0853. The summed E-state index contributed by atoms with van der Waals surface area (Å²) in [7, 11) is 0. The van der Waals surface area contributed by atoms with Gasteiger partial charge in [0.1, 0.15) is 5.78 Å². The lowest BCUT2D eigenvalue weighted by Gasteiger charge is -2.17. The van der Waals surface area contributed by atoms with Gasteiger partial charge in [-0.1, -0.05) is 156 Å². The molecule has 0 amide bonds. The van der Waals surface area contributed by atoms with Gasteiger partial charge in [-0.25, -0.2) is 4.79 Å². The van der Waals surface area contributed by atoms with Crippen molar-refractivity contribution in [2.75, 3.05) is 6.61 Å². The summed E-state index contributed by atoms with van der Waals surface area (Å²) in [6.07, 6.45) is 2.91. The van der Waals surface area contributed by atoms with Crippen LogP contribution in [0.15, 0.2) is 75.4 Å². The molecule has 0 aliphatic heterocycles. The summed E-state index contributed by atoms with van der Waals surface area (Å²) < 4.78 is 5.08. The van der Waals surface area contributed by atoms with Gasteiger partial charge in [-0.2, -0.15) is 0 Å². The van der Waals surface area contributed by atoms with E-state index in [4.69, 9.17) is 4.74 Å². The Morgan fingerprint density at radius 2 is 0.897 bits per heavy atom. The molecule has 0 heterocycles. The van der Waals surface area contributed by atoms with Gasteiger partial charge in [-0.05, 0) is 101 Å². The number of allylic oxidation sites excluding steroid dienone is 7. The summed E-state index contributed by atoms with van der Waals surface area (Å²) in [5.74, 6) is 0.594. The minimum atomic E-state index is -0.306. The maximum absolute atomic E-state index is 11.7. The summed E-state index contributed by atoms with van der Waals surface area (Å²) in [6, 6.07) is 9.40. The molecule has 334 valence electrons. The van der Waals surface area contributed by atoms with Crippen LogP contribution in [-0.4, -0.2) is 35.7 Å². The van der Waals surface area contributed by atoms with Crippen LogP contribution in [0.4, 0.5) is 0 Å². The molecule has 0 N–H and O–H groups in total. The van der Waals surface area contributed by atoms with E-state index in [1.54, 1.807) is 6.92 Å². The molecule has 6 nitrogen and oxygen atoms in total. The van der Waals surface area contributed by atoms with E-state index in [1.807, 2.05) is 182 Å². The van der Waals surface area contributed by atoms with Gasteiger partial charge in [0.05, 0.1) is 6.61 Å². The van der Waals surface area contributed by atoms with Crippen molar-refractivity contribution in [2.45, 2.75) is 193 Å². The highest BCUT2D eigenvalue weighted by Gasteiger charge is 2.24. The third kappa shape index (κ3) is 32.3. The Labute approximate surface area is 358 Å². The van der Waals surface area contributed by atoms with Crippen LogP contribution in [-0.2, 0) is 23.9 Å². The fourth-order valence-corrected chi connectivity index (χ4v) is 3.62. The Morgan fingerprint density at radius 3 is 1.14 bits per heavy atom. The van der Waals surface area contributed by atoms with Gasteiger partial charge in [0.15, 0.2) is 17.3 Å². The van der Waals surface area contributed by atoms with Crippen LogP contribution < -0.4 is 0 Å². The zero-order valence-electron chi connectivity index (χ0n) is 42.5. The van der Waals surface area contributed by atoms with E-state index in [0.29, 0.717) is 25.0 Å². The van der Waals surface area contributed by atoms with Crippen molar-refractivity contribution in [3.63, 3.8) is 0 Å². The van der Waals surface area contributed by atoms with Crippen LogP contribution in [0.2, 0.25) is 0 Å². The molecule has 1 rings (SSSR count). The fraction of sp³-hybridized carbons (Fsp3) is 0.635. The molecule has 1 aromatic rings. The van der Waals surface area contributed by atoms with Crippen molar-refractivity contribution in [3.05, 3.63) is 81.0 Å². The number of rotatable bonds is 8. The normalized spacial score (nSPS) is 10.9. The highest BCUT2D eigenvalue weighted by atomic mass is 16.5. The monoisotopic (exact) mass is 811 g/mol. The number of benzene rings is 1. The molecule has 0 fully saturated rings. The Bertz CT molecular complexity index is 1510. The van der Waals surface area contributed by atoms with E-state index >= 15 is 0 Å². The van der Waals surface area contributed by atoms with Gasteiger partial charge < -0.3 is 4.74 Å². The zero-order chi connectivity index (χ0) is 47.6. The second-order valence-corrected chi connectivity index (χ2v) is 19.2. The smallest absolute Gasteiger partial charge is 0.333 e.